The molecule has 0 aliphatic carbocycles. The van der Waals surface area contributed by atoms with E-state index in [4.69, 9.17) is 0 Å². The van der Waals surface area contributed by atoms with Gasteiger partial charge in [0, 0.05) is 36.1 Å². The smallest absolute Gasteiger partial charge is 0.255 e. The van der Waals surface area contributed by atoms with Crippen molar-refractivity contribution < 1.29 is 19.2 Å². The van der Waals surface area contributed by atoms with E-state index in [-0.39, 0.29) is 36.0 Å². The highest BCUT2D eigenvalue weighted by atomic mass is 16.2. The lowest BCUT2D eigenvalue weighted by Crippen LogP contribution is -2.52. The summed E-state index contributed by atoms with van der Waals surface area (Å²) in [7, 11) is 0. The Morgan fingerprint density at radius 2 is 1.97 bits per heavy atom. The molecule has 8 heteroatoms. The van der Waals surface area contributed by atoms with Crippen LogP contribution in [0.3, 0.4) is 0 Å². The topological polar surface area (TPSA) is 108 Å². The lowest BCUT2D eigenvalue weighted by atomic mass is 9.92. The molecule has 3 heterocycles. The van der Waals surface area contributed by atoms with Gasteiger partial charge in [0.15, 0.2) is 0 Å². The van der Waals surface area contributed by atoms with Gasteiger partial charge in [0.25, 0.3) is 5.91 Å². The van der Waals surface area contributed by atoms with E-state index < -0.39 is 11.9 Å². The molecular weight excluding hydrogens is 420 g/mol. The molecule has 8 nitrogen and oxygen atoms in total. The number of carbonyl (C=O) groups is 4. The van der Waals surface area contributed by atoms with Gasteiger partial charge in [-0.05, 0) is 42.2 Å². The third-order valence-corrected chi connectivity index (χ3v) is 6.05. The summed E-state index contributed by atoms with van der Waals surface area (Å²) in [5, 5.41) is 5.17. The third-order valence-electron chi connectivity index (χ3n) is 6.05. The van der Waals surface area contributed by atoms with E-state index in [1.165, 1.54) is 4.90 Å². The molecule has 0 bridgehead atoms. The highest BCUT2D eigenvalue weighted by Crippen LogP contribution is 2.28. The van der Waals surface area contributed by atoms with Gasteiger partial charge in [-0.3, -0.25) is 29.5 Å². The van der Waals surface area contributed by atoms with Gasteiger partial charge in [0.05, 0.1) is 11.9 Å². The van der Waals surface area contributed by atoms with Gasteiger partial charge < -0.3 is 10.2 Å². The number of benzene rings is 1. The Morgan fingerprint density at radius 1 is 1.18 bits per heavy atom. The van der Waals surface area contributed by atoms with Crippen LogP contribution in [0.4, 0.5) is 5.69 Å². The number of hydrogen-bond acceptors (Lipinski definition) is 5. The summed E-state index contributed by atoms with van der Waals surface area (Å²) in [6.07, 6.45) is 2.98. The molecule has 1 atom stereocenters. The molecule has 0 spiro atoms. The zero-order chi connectivity index (χ0) is 23.8. The molecule has 33 heavy (non-hydrogen) atoms. The first-order valence-electron chi connectivity index (χ1n) is 11.1. The molecule has 2 N–H and O–H groups in total. The fraction of sp³-hybridized carbons (Fsp3) is 0.400. The van der Waals surface area contributed by atoms with Crippen molar-refractivity contribution in [3.05, 3.63) is 58.9 Å². The van der Waals surface area contributed by atoms with Crippen LogP contribution in [-0.4, -0.2) is 39.6 Å². The van der Waals surface area contributed by atoms with Crippen molar-refractivity contribution in [2.45, 2.75) is 64.5 Å². The van der Waals surface area contributed by atoms with Crippen molar-refractivity contribution in [1.29, 1.82) is 0 Å². The number of nitrogens with one attached hydrogen (secondary N) is 2. The van der Waals surface area contributed by atoms with Crippen LogP contribution in [-0.2, 0) is 32.8 Å². The first-order valence-corrected chi connectivity index (χ1v) is 11.1. The number of imide groups is 1. The SMILES string of the molecule is CC(C)(C)c1ccc(NC(=O)CCc2ccc3c(c2)C(=O)N(C2CCC(=O)NC2=O)C3)cn1. The van der Waals surface area contributed by atoms with Crippen molar-refractivity contribution in [2.24, 2.45) is 0 Å². The third kappa shape index (κ3) is 4.94. The minimum atomic E-state index is -0.630. The Kier molecular flexibility index (Phi) is 6.01. The van der Waals surface area contributed by atoms with Crippen molar-refractivity contribution in [1.82, 2.24) is 15.2 Å². The molecule has 1 aromatic heterocycles. The van der Waals surface area contributed by atoms with Crippen molar-refractivity contribution in [3.8, 4) is 0 Å². The minimum absolute atomic E-state index is 0.0542. The maximum absolute atomic E-state index is 12.9. The molecule has 4 amide bonds. The number of rotatable bonds is 5. The Morgan fingerprint density at radius 3 is 2.64 bits per heavy atom. The lowest BCUT2D eigenvalue weighted by molar-refractivity contribution is -0.137. The Bertz CT molecular complexity index is 1120. The van der Waals surface area contributed by atoms with Crippen LogP contribution < -0.4 is 10.6 Å². The van der Waals surface area contributed by atoms with E-state index in [0.29, 0.717) is 30.6 Å². The molecule has 172 valence electrons. The number of aromatic nitrogens is 1. The molecule has 2 aromatic rings. The number of fused-ring (bicyclic) bond motifs is 1. The number of carbonyl (C=O) groups excluding carboxylic acids is 4. The maximum Gasteiger partial charge on any atom is 0.255 e. The Balaban J connectivity index is 1.35. The molecule has 4 rings (SSSR count). The summed E-state index contributed by atoms with van der Waals surface area (Å²) in [5.74, 6) is -1.07. The zero-order valence-electron chi connectivity index (χ0n) is 19.1. The van der Waals surface area contributed by atoms with E-state index in [0.717, 1.165) is 16.8 Å². The lowest BCUT2D eigenvalue weighted by Gasteiger charge is -2.29. The summed E-state index contributed by atoms with van der Waals surface area (Å²) in [5.41, 5.74) is 3.83. The van der Waals surface area contributed by atoms with Crippen LogP contribution in [0, 0.1) is 0 Å². The Hall–Kier alpha value is -3.55. The maximum atomic E-state index is 12.9. The molecular formula is C25H28N4O4. The van der Waals surface area contributed by atoms with Crippen LogP contribution in [0.2, 0.25) is 0 Å². The van der Waals surface area contributed by atoms with Crippen molar-refractivity contribution >= 4 is 29.3 Å². The number of hydrogen-bond donors (Lipinski definition) is 2. The van der Waals surface area contributed by atoms with Crippen LogP contribution in [0.5, 0.6) is 0 Å². The normalized spacial score (nSPS) is 18.2. The van der Waals surface area contributed by atoms with E-state index in [1.807, 2.05) is 24.3 Å². The predicted octanol–water partition coefficient (Wildman–Crippen LogP) is 2.71. The highest BCUT2D eigenvalue weighted by Gasteiger charge is 2.39. The first kappa shape index (κ1) is 22.6. The number of nitrogens with zero attached hydrogens (tertiary/aromatic N) is 2. The van der Waals surface area contributed by atoms with Gasteiger partial charge in [-0.15, -0.1) is 0 Å². The van der Waals surface area contributed by atoms with Gasteiger partial charge in [-0.2, -0.15) is 0 Å². The van der Waals surface area contributed by atoms with Crippen LogP contribution in [0.25, 0.3) is 0 Å². The average molecular weight is 449 g/mol. The summed E-state index contributed by atoms with van der Waals surface area (Å²) in [4.78, 5) is 54.9. The van der Waals surface area contributed by atoms with E-state index >= 15 is 0 Å². The number of pyridine rings is 1. The van der Waals surface area contributed by atoms with Gasteiger partial charge in [0.2, 0.25) is 17.7 Å². The van der Waals surface area contributed by atoms with Crippen LogP contribution >= 0.6 is 0 Å². The molecule has 2 aliphatic rings. The zero-order valence-corrected chi connectivity index (χ0v) is 19.1. The summed E-state index contributed by atoms with van der Waals surface area (Å²) in [6, 6.07) is 8.72. The second-order valence-corrected chi connectivity index (χ2v) is 9.62. The van der Waals surface area contributed by atoms with Crippen LogP contribution in [0.15, 0.2) is 36.5 Å². The molecule has 1 unspecified atom stereocenters. The van der Waals surface area contributed by atoms with E-state index in [9.17, 15) is 19.2 Å². The predicted molar refractivity (Wildman–Crippen MR) is 122 cm³/mol. The fourth-order valence-electron chi connectivity index (χ4n) is 4.15. The number of aryl methyl sites for hydroxylation is 1. The monoisotopic (exact) mass is 448 g/mol. The summed E-state index contributed by atoms with van der Waals surface area (Å²) in [6.45, 7) is 6.59. The summed E-state index contributed by atoms with van der Waals surface area (Å²) < 4.78 is 0. The molecule has 0 saturated carbocycles. The second kappa shape index (κ2) is 8.77. The van der Waals surface area contributed by atoms with Gasteiger partial charge in [-0.1, -0.05) is 32.9 Å². The van der Waals surface area contributed by atoms with Crippen molar-refractivity contribution in [2.75, 3.05) is 5.32 Å². The standard InChI is InChI=1S/C25H28N4O4/c1-25(2,3)20-9-7-17(13-26-20)27-21(30)10-5-15-4-6-16-14-29(24(33)18(16)12-15)19-8-11-22(31)28-23(19)32/h4,6-7,9,12-13,19H,5,8,10-11,14H2,1-3H3,(H,27,30)(H,28,31,32). The average Bonchev–Trinajstić information content (AvgIpc) is 3.08. The number of anilines is 1. The summed E-state index contributed by atoms with van der Waals surface area (Å²) >= 11 is 0. The number of amides is 4. The molecule has 1 fully saturated rings. The fourth-order valence-corrected chi connectivity index (χ4v) is 4.15. The van der Waals surface area contributed by atoms with Gasteiger partial charge >= 0.3 is 0 Å². The van der Waals surface area contributed by atoms with Gasteiger partial charge in [0.1, 0.15) is 6.04 Å². The minimum Gasteiger partial charge on any atom is -0.325 e. The van der Waals surface area contributed by atoms with E-state index in [1.54, 1.807) is 12.3 Å². The molecule has 1 saturated heterocycles. The van der Waals surface area contributed by atoms with Crippen LogP contribution in [0.1, 0.15) is 67.2 Å². The Labute approximate surface area is 192 Å². The van der Waals surface area contributed by atoms with Crippen molar-refractivity contribution in [3.63, 3.8) is 0 Å². The first-order chi connectivity index (χ1) is 15.6. The van der Waals surface area contributed by atoms with Gasteiger partial charge in [-0.25, -0.2) is 0 Å². The quantitative estimate of drug-likeness (QED) is 0.684. The second-order valence-electron chi connectivity index (χ2n) is 9.62. The number of piperidine rings is 1. The van der Waals surface area contributed by atoms with E-state index in [2.05, 4.69) is 36.4 Å². The molecule has 1 aromatic carbocycles. The largest absolute Gasteiger partial charge is 0.325 e. The molecule has 0 radical (unpaired) electrons. The molecule has 2 aliphatic heterocycles. The highest BCUT2D eigenvalue weighted by molar-refractivity contribution is 6.05.